The van der Waals surface area contributed by atoms with E-state index >= 15 is 0 Å². The van der Waals surface area contributed by atoms with Crippen molar-refractivity contribution in [3.8, 4) is 0 Å². The number of hydrogen-bond donors (Lipinski definition) is 0. The molecule has 0 aliphatic carbocycles. The van der Waals surface area contributed by atoms with E-state index in [4.69, 9.17) is 11.6 Å². The van der Waals surface area contributed by atoms with Crippen LogP contribution in [0.4, 0.5) is 0 Å². The summed E-state index contributed by atoms with van der Waals surface area (Å²) in [6, 6.07) is 14.0. The van der Waals surface area contributed by atoms with Crippen molar-refractivity contribution in [1.82, 2.24) is 9.21 Å². The van der Waals surface area contributed by atoms with Gasteiger partial charge in [0.15, 0.2) is 0 Å². The first-order chi connectivity index (χ1) is 13.4. The lowest BCUT2D eigenvalue weighted by Gasteiger charge is -2.22. The summed E-state index contributed by atoms with van der Waals surface area (Å²) in [4.78, 5) is 14.6. The summed E-state index contributed by atoms with van der Waals surface area (Å²) in [5, 5.41) is 0.250. The fourth-order valence-electron chi connectivity index (χ4n) is 3.39. The van der Waals surface area contributed by atoms with Crippen LogP contribution in [0.5, 0.6) is 0 Å². The van der Waals surface area contributed by atoms with Gasteiger partial charge in [0.25, 0.3) is 5.91 Å². The van der Waals surface area contributed by atoms with Crippen molar-refractivity contribution in [2.45, 2.75) is 37.1 Å². The Kier molecular flexibility index (Phi) is 6.75. The SMILES string of the molecule is CN(Cc1ccccc1)C(=O)c1cc(S(=O)(=O)N2CCCCCC2)ccc1Cl. The highest BCUT2D eigenvalue weighted by molar-refractivity contribution is 7.89. The van der Waals surface area contributed by atoms with Crippen molar-refractivity contribution in [1.29, 1.82) is 0 Å². The summed E-state index contributed by atoms with van der Waals surface area (Å²) in [7, 11) is -1.96. The van der Waals surface area contributed by atoms with Crippen LogP contribution < -0.4 is 0 Å². The van der Waals surface area contributed by atoms with Crippen LogP contribution in [0.25, 0.3) is 0 Å². The third kappa shape index (κ3) is 4.74. The zero-order chi connectivity index (χ0) is 20.1. The molecule has 1 amide bonds. The summed E-state index contributed by atoms with van der Waals surface area (Å²) in [6.45, 7) is 1.45. The van der Waals surface area contributed by atoms with Gasteiger partial charge in [0, 0.05) is 26.7 Å². The fourth-order valence-corrected chi connectivity index (χ4v) is 5.14. The van der Waals surface area contributed by atoms with Crippen molar-refractivity contribution in [3.05, 3.63) is 64.7 Å². The van der Waals surface area contributed by atoms with Crippen molar-refractivity contribution in [2.75, 3.05) is 20.1 Å². The van der Waals surface area contributed by atoms with Crippen LogP contribution in [0, 0.1) is 0 Å². The molecule has 2 aromatic carbocycles. The standard InChI is InChI=1S/C21H25ClN2O3S/c1-23(16-17-9-5-4-6-10-17)21(25)19-15-18(11-12-20(19)22)28(26,27)24-13-7-2-3-8-14-24/h4-6,9-12,15H,2-3,7-8,13-14,16H2,1H3. The molecule has 3 rings (SSSR count). The zero-order valence-electron chi connectivity index (χ0n) is 16.0. The number of rotatable bonds is 5. The molecule has 1 heterocycles. The van der Waals surface area contributed by atoms with Gasteiger partial charge in [0.05, 0.1) is 15.5 Å². The van der Waals surface area contributed by atoms with Gasteiger partial charge in [-0.05, 0) is 36.6 Å². The smallest absolute Gasteiger partial charge is 0.255 e. The fraction of sp³-hybridized carbons (Fsp3) is 0.381. The molecular formula is C21H25ClN2O3S. The molecule has 0 unspecified atom stereocenters. The minimum absolute atomic E-state index is 0.121. The second kappa shape index (κ2) is 9.07. The lowest BCUT2D eigenvalue weighted by Crippen LogP contribution is -2.32. The van der Waals surface area contributed by atoms with E-state index in [0.717, 1.165) is 31.2 Å². The molecule has 1 aliphatic rings. The molecular weight excluding hydrogens is 396 g/mol. The maximum atomic E-state index is 13.0. The van der Waals surface area contributed by atoms with Gasteiger partial charge in [-0.1, -0.05) is 54.8 Å². The van der Waals surface area contributed by atoms with Gasteiger partial charge in [0.1, 0.15) is 0 Å². The third-order valence-corrected chi connectivity index (χ3v) is 7.20. The number of hydrogen-bond acceptors (Lipinski definition) is 3. The van der Waals surface area contributed by atoms with Crippen LogP contribution in [0.15, 0.2) is 53.4 Å². The van der Waals surface area contributed by atoms with Gasteiger partial charge in [-0.25, -0.2) is 8.42 Å². The number of carbonyl (C=O) groups is 1. The van der Waals surface area contributed by atoms with Crippen molar-refractivity contribution in [2.24, 2.45) is 0 Å². The zero-order valence-corrected chi connectivity index (χ0v) is 17.5. The quantitative estimate of drug-likeness (QED) is 0.729. The second-order valence-corrected chi connectivity index (χ2v) is 9.45. The number of sulfonamides is 1. The summed E-state index contributed by atoms with van der Waals surface area (Å²) in [5.41, 5.74) is 1.19. The first-order valence-corrected chi connectivity index (χ1v) is 11.3. The third-order valence-electron chi connectivity index (χ3n) is 4.98. The highest BCUT2D eigenvalue weighted by Gasteiger charge is 2.27. The monoisotopic (exact) mass is 420 g/mol. The van der Waals surface area contributed by atoms with E-state index in [9.17, 15) is 13.2 Å². The summed E-state index contributed by atoms with van der Waals surface area (Å²) in [5.74, 6) is -0.304. The van der Waals surface area contributed by atoms with Crippen LogP contribution >= 0.6 is 11.6 Å². The Morgan fingerprint density at radius 3 is 2.32 bits per heavy atom. The normalized spacial score (nSPS) is 15.8. The van der Waals surface area contributed by atoms with E-state index in [2.05, 4.69) is 0 Å². The molecule has 1 saturated heterocycles. The van der Waals surface area contributed by atoms with Crippen LogP contribution in [0.2, 0.25) is 5.02 Å². The molecule has 0 bridgehead atoms. The summed E-state index contributed by atoms with van der Waals surface area (Å²) >= 11 is 6.24. The molecule has 5 nitrogen and oxygen atoms in total. The number of carbonyl (C=O) groups excluding carboxylic acids is 1. The summed E-state index contributed by atoms with van der Waals surface area (Å²) < 4.78 is 27.6. The molecule has 2 aromatic rings. The minimum atomic E-state index is -3.64. The van der Waals surface area contributed by atoms with E-state index in [1.165, 1.54) is 22.5 Å². The number of halogens is 1. The van der Waals surface area contributed by atoms with Gasteiger partial charge < -0.3 is 4.90 Å². The predicted octanol–water partition coefficient (Wildman–Crippen LogP) is 4.18. The maximum absolute atomic E-state index is 13.0. The maximum Gasteiger partial charge on any atom is 0.255 e. The number of nitrogens with zero attached hydrogens (tertiary/aromatic N) is 2. The van der Waals surface area contributed by atoms with E-state index < -0.39 is 10.0 Å². The topological polar surface area (TPSA) is 57.7 Å². The second-order valence-electron chi connectivity index (χ2n) is 7.11. The lowest BCUT2D eigenvalue weighted by molar-refractivity contribution is 0.0785. The molecule has 0 N–H and O–H groups in total. The first-order valence-electron chi connectivity index (χ1n) is 9.48. The van der Waals surface area contributed by atoms with Gasteiger partial charge in [0.2, 0.25) is 10.0 Å². The molecule has 0 atom stereocenters. The lowest BCUT2D eigenvalue weighted by atomic mass is 10.1. The highest BCUT2D eigenvalue weighted by Crippen LogP contribution is 2.26. The Morgan fingerprint density at radius 1 is 1.04 bits per heavy atom. The number of benzene rings is 2. The average Bonchev–Trinajstić information content (AvgIpc) is 2.98. The average molecular weight is 421 g/mol. The molecule has 28 heavy (non-hydrogen) atoms. The van der Waals surface area contributed by atoms with E-state index in [0.29, 0.717) is 19.6 Å². The Morgan fingerprint density at radius 2 is 1.68 bits per heavy atom. The largest absolute Gasteiger partial charge is 0.337 e. The van der Waals surface area contributed by atoms with Crippen LogP contribution in [0.1, 0.15) is 41.6 Å². The molecule has 7 heteroatoms. The van der Waals surface area contributed by atoms with Gasteiger partial charge in [-0.2, -0.15) is 4.31 Å². The predicted molar refractivity (Wildman–Crippen MR) is 111 cm³/mol. The van der Waals surface area contributed by atoms with Crippen LogP contribution in [0.3, 0.4) is 0 Å². The Balaban J connectivity index is 1.85. The molecule has 1 fully saturated rings. The molecule has 0 saturated carbocycles. The van der Waals surface area contributed by atoms with Crippen LogP contribution in [-0.4, -0.2) is 43.7 Å². The van der Waals surface area contributed by atoms with E-state index in [-0.39, 0.29) is 21.4 Å². The minimum Gasteiger partial charge on any atom is -0.337 e. The Hall–Kier alpha value is -1.89. The van der Waals surface area contributed by atoms with Crippen molar-refractivity contribution >= 4 is 27.5 Å². The molecule has 0 spiro atoms. The van der Waals surface area contributed by atoms with Crippen molar-refractivity contribution < 1.29 is 13.2 Å². The first kappa shape index (κ1) is 20.8. The molecule has 0 aromatic heterocycles. The van der Waals surface area contributed by atoms with Crippen LogP contribution in [-0.2, 0) is 16.6 Å². The Bertz CT molecular complexity index is 924. The van der Waals surface area contributed by atoms with Gasteiger partial charge in [-0.3, -0.25) is 4.79 Å². The van der Waals surface area contributed by atoms with E-state index in [1.54, 1.807) is 11.9 Å². The molecule has 1 aliphatic heterocycles. The van der Waals surface area contributed by atoms with Gasteiger partial charge in [-0.15, -0.1) is 0 Å². The molecule has 150 valence electrons. The Labute approximate surface area is 172 Å². The van der Waals surface area contributed by atoms with Crippen molar-refractivity contribution in [3.63, 3.8) is 0 Å². The van der Waals surface area contributed by atoms with E-state index in [1.807, 2.05) is 30.3 Å². The molecule has 0 radical (unpaired) electrons. The van der Waals surface area contributed by atoms with Gasteiger partial charge >= 0.3 is 0 Å². The number of amides is 1. The highest BCUT2D eigenvalue weighted by atomic mass is 35.5. The summed E-state index contributed by atoms with van der Waals surface area (Å²) in [6.07, 6.45) is 3.80.